The smallest absolute Gasteiger partial charge is 0.409 e. The Bertz CT molecular complexity index is 531. The summed E-state index contributed by atoms with van der Waals surface area (Å²) in [5.41, 5.74) is 1.30. The number of nitrogens with one attached hydrogen (secondary N) is 1. The van der Waals surface area contributed by atoms with Gasteiger partial charge in [0.05, 0.1) is 17.8 Å². The van der Waals surface area contributed by atoms with Crippen LogP contribution >= 0.6 is 11.3 Å². The van der Waals surface area contributed by atoms with Crippen LogP contribution in [-0.2, 0) is 17.6 Å². The first kappa shape index (κ1) is 15.7. The van der Waals surface area contributed by atoms with Gasteiger partial charge in [0.2, 0.25) is 0 Å². The molecule has 3 rings (SSSR count). The molecule has 0 bridgehead atoms. The molecular weight excluding hydrogens is 298 g/mol. The van der Waals surface area contributed by atoms with E-state index in [1.165, 1.54) is 35.5 Å². The van der Waals surface area contributed by atoms with Crippen molar-refractivity contribution in [1.82, 2.24) is 15.2 Å². The molecule has 1 amide bonds. The van der Waals surface area contributed by atoms with Crippen molar-refractivity contribution in [3.8, 4) is 0 Å². The van der Waals surface area contributed by atoms with Crippen molar-refractivity contribution in [2.45, 2.75) is 57.5 Å². The van der Waals surface area contributed by atoms with Gasteiger partial charge < -0.3 is 15.0 Å². The molecule has 1 aromatic rings. The van der Waals surface area contributed by atoms with E-state index in [0.717, 1.165) is 38.8 Å². The van der Waals surface area contributed by atoms with E-state index in [9.17, 15) is 4.79 Å². The number of rotatable bonds is 3. The number of hydrogen-bond donors (Lipinski definition) is 1. The molecule has 2 aliphatic rings. The van der Waals surface area contributed by atoms with Crippen LogP contribution in [0.1, 0.15) is 54.2 Å². The number of ether oxygens (including phenoxy) is 1. The number of hydrogen-bond acceptors (Lipinski definition) is 5. The fraction of sp³-hybridized carbons (Fsp3) is 0.750. The predicted octanol–water partition coefficient (Wildman–Crippen LogP) is 2.90. The van der Waals surface area contributed by atoms with E-state index >= 15 is 0 Å². The van der Waals surface area contributed by atoms with Crippen LogP contribution in [0.25, 0.3) is 0 Å². The van der Waals surface area contributed by atoms with Crippen LogP contribution in [0, 0.1) is 0 Å². The number of amides is 1. The van der Waals surface area contributed by atoms with Crippen molar-refractivity contribution in [3.05, 3.63) is 15.6 Å². The topological polar surface area (TPSA) is 54.5 Å². The van der Waals surface area contributed by atoms with E-state index in [4.69, 9.17) is 9.72 Å². The van der Waals surface area contributed by atoms with Crippen LogP contribution in [0.5, 0.6) is 0 Å². The first-order valence-corrected chi connectivity index (χ1v) is 9.10. The maximum Gasteiger partial charge on any atom is 0.409 e. The number of thiazole rings is 1. The Kier molecular flexibility index (Phi) is 4.98. The Hall–Kier alpha value is -1.14. The molecule has 0 spiro atoms. The summed E-state index contributed by atoms with van der Waals surface area (Å²) >= 11 is 1.86. The van der Waals surface area contributed by atoms with Gasteiger partial charge in [-0.15, -0.1) is 11.3 Å². The average molecular weight is 323 g/mol. The summed E-state index contributed by atoms with van der Waals surface area (Å²) in [5, 5.41) is 5.03. The van der Waals surface area contributed by atoms with Gasteiger partial charge in [0.25, 0.3) is 0 Å². The molecule has 2 heterocycles. The number of methoxy groups -OCH3 is 1. The van der Waals surface area contributed by atoms with Gasteiger partial charge in [-0.1, -0.05) is 6.92 Å². The summed E-state index contributed by atoms with van der Waals surface area (Å²) < 4.78 is 4.85. The molecule has 0 saturated carbocycles. The second kappa shape index (κ2) is 6.96. The summed E-state index contributed by atoms with van der Waals surface area (Å²) in [5.74, 6) is 0. The predicted molar refractivity (Wildman–Crippen MR) is 87.3 cm³/mol. The number of aromatic nitrogens is 1. The highest BCUT2D eigenvalue weighted by Gasteiger charge is 2.29. The highest BCUT2D eigenvalue weighted by atomic mass is 32.1. The fourth-order valence-electron chi connectivity index (χ4n) is 3.47. The van der Waals surface area contributed by atoms with Crippen molar-refractivity contribution in [3.63, 3.8) is 0 Å². The Labute approximate surface area is 136 Å². The third-order valence-electron chi connectivity index (χ3n) is 4.59. The lowest BCUT2D eigenvalue weighted by molar-refractivity contribution is 0.105. The third-order valence-corrected chi connectivity index (χ3v) is 5.94. The first-order chi connectivity index (χ1) is 10.7. The zero-order valence-electron chi connectivity index (χ0n) is 13.4. The van der Waals surface area contributed by atoms with E-state index in [2.05, 4.69) is 12.2 Å². The largest absolute Gasteiger partial charge is 0.453 e. The molecule has 0 radical (unpaired) electrons. The lowest BCUT2D eigenvalue weighted by atomic mass is 9.96. The van der Waals surface area contributed by atoms with Crippen molar-refractivity contribution in [2.75, 3.05) is 20.2 Å². The highest BCUT2D eigenvalue weighted by Crippen LogP contribution is 2.35. The maximum absolute atomic E-state index is 11.7. The second-order valence-electron chi connectivity index (χ2n) is 6.14. The lowest BCUT2D eigenvalue weighted by Gasteiger charge is -2.35. The molecule has 0 unspecified atom stereocenters. The molecule has 1 aromatic heterocycles. The van der Waals surface area contributed by atoms with Crippen LogP contribution in [0.15, 0.2) is 0 Å². The highest BCUT2D eigenvalue weighted by molar-refractivity contribution is 7.11. The van der Waals surface area contributed by atoms with Crippen LogP contribution in [-0.4, -0.2) is 42.2 Å². The van der Waals surface area contributed by atoms with Gasteiger partial charge in [-0.25, -0.2) is 9.78 Å². The molecular formula is C16H25N3O2S. The molecule has 122 valence electrons. The molecule has 0 aromatic carbocycles. The second-order valence-corrected chi connectivity index (χ2v) is 7.25. The number of nitrogens with zero attached hydrogens (tertiary/aromatic N) is 2. The normalized spacial score (nSPS) is 24.9. The minimum absolute atomic E-state index is 0.207. The summed E-state index contributed by atoms with van der Waals surface area (Å²) in [6, 6.07) is 0.764. The van der Waals surface area contributed by atoms with Crippen LogP contribution in [0.3, 0.4) is 0 Å². The molecule has 1 aliphatic carbocycles. The summed E-state index contributed by atoms with van der Waals surface area (Å²) in [6.07, 6.45) is 6.46. The van der Waals surface area contributed by atoms with E-state index in [1.807, 2.05) is 16.2 Å². The standard InChI is InChI=1S/C16H25N3O2S/c1-3-14-18-13-8-4-7-12(15(13)22-14)17-11-6-5-9-19(10-11)16(20)21-2/h11-12,17H,3-10H2,1-2H3/t11-,12-/m0/s1. The monoisotopic (exact) mass is 323 g/mol. The number of carbonyl (C=O) groups excluding carboxylic acids is 1. The number of piperidine rings is 1. The van der Waals surface area contributed by atoms with Gasteiger partial charge in [-0.05, 0) is 38.5 Å². The molecule has 5 nitrogen and oxygen atoms in total. The van der Waals surface area contributed by atoms with Gasteiger partial charge >= 0.3 is 6.09 Å². The Morgan fingerprint density at radius 1 is 1.45 bits per heavy atom. The minimum atomic E-state index is -0.207. The summed E-state index contributed by atoms with van der Waals surface area (Å²) in [7, 11) is 1.45. The quantitative estimate of drug-likeness (QED) is 0.929. The SMILES string of the molecule is CCc1nc2c(s1)[C@@H](N[C@H]1CCCN(C(=O)OC)C1)CCC2. The first-order valence-electron chi connectivity index (χ1n) is 8.28. The third kappa shape index (κ3) is 3.27. The lowest BCUT2D eigenvalue weighted by Crippen LogP contribution is -2.49. The zero-order valence-corrected chi connectivity index (χ0v) is 14.2. The molecule has 2 atom stereocenters. The molecule has 1 saturated heterocycles. The van der Waals surface area contributed by atoms with E-state index in [0.29, 0.717) is 12.1 Å². The Balaban J connectivity index is 1.66. The number of likely N-dealkylation sites (tertiary alicyclic amines) is 1. The molecule has 6 heteroatoms. The molecule has 1 N–H and O–H groups in total. The van der Waals surface area contributed by atoms with E-state index in [1.54, 1.807) is 0 Å². The van der Waals surface area contributed by atoms with E-state index in [-0.39, 0.29) is 6.09 Å². The molecule has 1 aliphatic heterocycles. The number of aryl methyl sites for hydroxylation is 2. The van der Waals surface area contributed by atoms with Crippen molar-refractivity contribution in [1.29, 1.82) is 0 Å². The van der Waals surface area contributed by atoms with E-state index < -0.39 is 0 Å². The molecule has 22 heavy (non-hydrogen) atoms. The van der Waals surface area contributed by atoms with Gasteiger partial charge in [-0.2, -0.15) is 0 Å². The van der Waals surface area contributed by atoms with Crippen LogP contribution in [0.2, 0.25) is 0 Å². The minimum Gasteiger partial charge on any atom is -0.453 e. The maximum atomic E-state index is 11.7. The number of fused-ring (bicyclic) bond motifs is 1. The van der Waals surface area contributed by atoms with Crippen molar-refractivity contribution < 1.29 is 9.53 Å². The summed E-state index contributed by atoms with van der Waals surface area (Å²) in [4.78, 5) is 19.7. The van der Waals surface area contributed by atoms with Crippen LogP contribution in [0.4, 0.5) is 4.79 Å². The Morgan fingerprint density at radius 2 is 2.32 bits per heavy atom. The summed E-state index contributed by atoms with van der Waals surface area (Å²) in [6.45, 7) is 3.72. The van der Waals surface area contributed by atoms with Gasteiger partial charge in [-0.3, -0.25) is 0 Å². The zero-order chi connectivity index (χ0) is 15.5. The van der Waals surface area contributed by atoms with Gasteiger partial charge in [0.1, 0.15) is 0 Å². The molecule has 1 fully saturated rings. The van der Waals surface area contributed by atoms with Crippen LogP contribution < -0.4 is 5.32 Å². The number of carbonyl (C=O) groups is 1. The van der Waals surface area contributed by atoms with Gasteiger partial charge in [0, 0.05) is 30.1 Å². The van der Waals surface area contributed by atoms with Crippen molar-refractivity contribution in [2.24, 2.45) is 0 Å². The van der Waals surface area contributed by atoms with Crippen molar-refractivity contribution >= 4 is 17.4 Å². The Morgan fingerprint density at radius 3 is 3.09 bits per heavy atom. The fourth-order valence-corrected chi connectivity index (χ4v) is 4.62. The van der Waals surface area contributed by atoms with Gasteiger partial charge in [0.15, 0.2) is 0 Å². The average Bonchev–Trinajstić information content (AvgIpc) is 2.99.